The molecule has 1 amide bonds. The molecule has 0 spiro atoms. The highest BCUT2D eigenvalue weighted by atomic mass is 19.4. The highest BCUT2D eigenvalue weighted by Crippen LogP contribution is 2.57. The molecule has 0 bridgehead atoms. The van der Waals surface area contributed by atoms with Crippen molar-refractivity contribution >= 4 is 17.1 Å². The van der Waals surface area contributed by atoms with E-state index in [0.29, 0.717) is 29.6 Å². The predicted octanol–water partition coefficient (Wildman–Crippen LogP) is 2.72. The molecule has 1 saturated heterocycles. The molecule has 8 heteroatoms. The van der Waals surface area contributed by atoms with E-state index in [1.165, 1.54) is 15.6 Å². The lowest BCUT2D eigenvalue weighted by molar-refractivity contribution is -0.226. The number of rotatable bonds is 1. The molecular formula is C16H17F3N4O. The van der Waals surface area contributed by atoms with E-state index in [1.54, 1.807) is 18.3 Å². The molecule has 5 nitrogen and oxygen atoms in total. The van der Waals surface area contributed by atoms with Gasteiger partial charge in [-0.25, -0.2) is 4.52 Å². The van der Waals surface area contributed by atoms with Crippen molar-refractivity contribution in [1.82, 2.24) is 14.5 Å². The average Bonchev–Trinajstić information content (AvgIpc) is 3.17. The molecular weight excluding hydrogens is 321 g/mol. The average molecular weight is 338 g/mol. The number of aromatic nitrogens is 2. The maximum Gasteiger partial charge on any atom is 0.396 e. The van der Waals surface area contributed by atoms with Crippen LogP contribution >= 0.6 is 0 Å². The highest BCUT2D eigenvalue weighted by Gasteiger charge is 2.65. The molecule has 1 aliphatic heterocycles. The number of fused-ring (bicyclic) bond motifs is 2. The molecule has 2 fully saturated rings. The number of nitrogens with two attached hydrogens (primary N) is 1. The SMILES string of the molecule is Nc1ccn2ncc(C(=O)N3C[C@@H]4CCC[C@]4(C(F)(F)F)C3)c2c1. The number of nitrogens with zero attached hydrogens (tertiary/aromatic N) is 3. The van der Waals surface area contributed by atoms with E-state index in [0.717, 1.165) is 0 Å². The Kier molecular flexibility index (Phi) is 3.10. The number of pyridine rings is 1. The Hall–Kier alpha value is -2.25. The largest absolute Gasteiger partial charge is 0.399 e. The zero-order chi connectivity index (χ0) is 17.1. The topological polar surface area (TPSA) is 63.6 Å². The van der Waals surface area contributed by atoms with Gasteiger partial charge in [-0.05, 0) is 30.9 Å². The van der Waals surface area contributed by atoms with Crippen LogP contribution in [-0.2, 0) is 0 Å². The van der Waals surface area contributed by atoms with Crippen LogP contribution in [0.4, 0.5) is 18.9 Å². The van der Waals surface area contributed by atoms with Crippen LogP contribution in [0.3, 0.4) is 0 Å². The van der Waals surface area contributed by atoms with E-state index >= 15 is 0 Å². The van der Waals surface area contributed by atoms with Crippen molar-refractivity contribution in [3.05, 3.63) is 30.1 Å². The molecule has 3 heterocycles. The third-order valence-corrected chi connectivity index (χ3v) is 5.50. The van der Waals surface area contributed by atoms with Crippen LogP contribution < -0.4 is 5.73 Å². The first kappa shape index (κ1) is 15.3. The Balaban J connectivity index is 1.67. The second-order valence-corrected chi connectivity index (χ2v) is 6.78. The van der Waals surface area contributed by atoms with Crippen molar-refractivity contribution in [2.75, 3.05) is 18.8 Å². The van der Waals surface area contributed by atoms with E-state index in [4.69, 9.17) is 5.73 Å². The number of alkyl halides is 3. The third-order valence-electron chi connectivity index (χ3n) is 5.50. The molecule has 1 saturated carbocycles. The van der Waals surface area contributed by atoms with E-state index < -0.39 is 23.4 Å². The fourth-order valence-corrected chi connectivity index (χ4v) is 4.24. The molecule has 0 unspecified atom stereocenters. The summed E-state index contributed by atoms with van der Waals surface area (Å²) in [5.74, 6) is -0.915. The Morgan fingerprint density at radius 2 is 2.21 bits per heavy atom. The van der Waals surface area contributed by atoms with Crippen LogP contribution in [0.1, 0.15) is 29.6 Å². The Labute approximate surface area is 136 Å². The Morgan fingerprint density at radius 1 is 1.42 bits per heavy atom. The lowest BCUT2D eigenvalue weighted by Gasteiger charge is -2.31. The smallest absolute Gasteiger partial charge is 0.396 e. The number of halogens is 3. The van der Waals surface area contributed by atoms with Gasteiger partial charge in [0.05, 0.1) is 22.7 Å². The minimum absolute atomic E-state index is 0.104. The van der Waals surface area contributed by atoms with Crippen LogP contribution in [0.2, 0.25) is 0 Å². The predicted molar refractivity (Wildman–Crippen MR) is 81.3 cm³/mol. The number of hydrogen-bond acceptors (Lipinski definition) is 3. The van der Waals surface area contributed by atoms with Crippen molar-refractivity contribution < 1.29 is 18.0 Å². The molecule has 2 aromatic heterocycles. The zero-order valence-electron chi connectivity index (χ0n) is 12.9. The minimum Gasteiger partial charge on any atom is -0.399 e. The van der Waals surface area contributed by atoms with Crippen molar-refractivity contribution in [1.29, 1.82) is 0 Å². The summed E-state index contributed by atoms with van der Waals surface area (Å²) in [5, 5.41) is 4.08. The van der Waals surface area contributed by atoms with Crippen molar-refractivity contribution in [3.63, 3.8) is 0 Å². The van der Waals surface area contributed by atoms with Crippen LogP contribution in [0.15, 0.2) is 24.5 Å². The molecule has 2 aliphatic rings. The Morgan fingerprint density at radius 3 is 2.92 bits per heavy atom. The maximum absolute atomic E-state index is 13.6. The van der Waals surface area contributed by atoms with Crippen molar-refractivity contribution in [2.45, 2.75) is 25.4 Å². The Bertz CT molecular complexity index is 815. The van der Waals surface area contributed by atoms with Crippen LogP contribution in [0.25, 0.3) is 5.52 Å². The molecule has 128 valence electrons. The van der Waals surface area contributed by atoms with Gasteiger partial charge in [0.15, 0.2) is 0 Å². The first-order valence-electron chi connectivity index (χ1n) is 7.91. The van der Waals surface area contributed by atoms with E-state index in [-0.39, 0.29) is 19.5 Å². The van der Waals surface area contributed by atoms with Crippen molar-refractivity contribution in [2.24, 2.45) is 11.3 Å². The summed E-state index contributed by atoms with van der Waals surface area (Å²) in [5.41, 5.74) is 5.28. The van der Waals surface area contributed by atoms with Gasteiger partial charge in [0.1, 0.15) is 0 Å². The molecule has 2 N–H and O–H groups in total. The number of carbonyl (C=O) groups is 1. The number of likely N-dealkylation sites (tertiary alicyclic amines) is 1. The summed E-state index contributed by atoms with van der Waals surface area (Å²) < 4.78 is 42.4. The van der Waals surface area contributed by atoms with Gasteiger partial charge in [-0.1, -0.05) is 6.42 Å². The van der Waals surface area contributed by atoms with Gasteiger partial charge in [-0.15, -0.1) is 0 Å². The normalized spacial score (nSPS) is 27.0. The molecule has 24 heavy (non-hydrogen) atoms. The number of carbonyl (C=O) groups excluding carboxylic acids is 1. The van der Waals surface area contributed by atoms with Crippen LogP contribution in [0.5, 0.6) is 0 Å². The zero-order valence-corrected chi connectivity index (χ0v) is 12.9. The van der Waals surface area contributed by atoms with Gasteiger partial charge in [0.2, 0.25) is 0 Å². The molecule has 2 atom stereocenters. The molecule has 1 aliphatic carbocycles. The highest BCUT2D eigenvalue weighted by molar-refractivity contribution is 6.01. The monoisotopic (exact) mass is 338 g/mol. The van der Waals surface area contributed by atoms with Crippen LogP contribution in [-0.4, -0.2) is 39.7 Å². The maximum atomic E-state index is 13.6. The van der Waals surface area contributed by atoms with Gasteiger partial charge in [0.25, 0.3) is 5.91 Å². The van der Waals surface area contributed by atoms with Gasteiger partial charge < -0.3 is 10.6 Å². The lowest BCUT2D eigenvalue weighted by atomic mass is 9.80. The third kappa shape index (κ3) is 2.01. The van der Waals surface area contributed by atoms with E-state index in [9.17, 15) is 18.0 Å². The summed E-state index contributed by atoms with van der Waals surface area (Å²) in [6, 6.07) is 3.25. The second kappa shape index (κ2) is 4.87. The number of amides is 1. The molecule has 0 radical (unpaired) electrons. The molecule has 0 aromatic carbocycles. The van der Waals surface area contributed by atoms with Gasteiger partial charge in [-0.3, -0.25) is 4.79 Å². The summed E-state index contributed by atoms with van der Waals surface area (Å²) in [7, 11) is 0. The van der Waals surface area contributed by atoms with E-state index in [1.807, 2.05) is 0 Å². The second-order valence-electron chi connectivity index (χ2n) is 6.78. The first-order chi connectivity index (χ1) is 11.3. The van der Waals surface area contributed by atoms with Gasteiger partial charge in [-0.2, -0.15) is 18.3 Å². The van der Waals surface area contributed by atoms with Gasteiger partial charge >= 0.3 is 6.18 Å². The minimum atomic E-state index is -4.28. The summed E-state index contributed by atoms with van der Waals surface area (Å²) in [6.45, 7) is -0.113. The fraction of sp³-hybridized carbons (Fsp3) is 0.500. The standard InChI is InChI=1S/C16H17F3N4O/c17-16(18,19)15-4-1-2-10(15)8-22(9-15)14(24)12-7-21-23-5-3-11(20)6-13(12)23/h3,5-7,10H,1-2,4,8-9,20H2/t10-,15-/m0/s1. The lowest BCUT2D eigenvalue weighted by Crippen LogP contribution is -2.42. The fourth-order valence-electron chi connectivity index (χ4n) is 4.24. The molecule has 4 rings (SSSR count). The van der Waals surface area contributed by atoms with Crippen molar-refractivity contribution in [3.8, 4) is 0 Å². The van der Waals surface area contributed by atoms with Gasteiger partial charge in [0, 0.05) is 25.0 Å². The van der Waals surface area contributed by atoms with E-state index in [2.05, 4.69) is 5.10 Å². The first-order valence-corrected chi connectivity index (χ1v) is 7.91. The number of hydrogen-bond donors (Lipinski definition) is 1. The molecule has 2 aromatic rings. The summed E-state index contributed by atoms with van der Waals surface area (Å²) >= 11 is 0. The summed E-state index contributed by atoms with van der Waals surface area (Å²) in [4.78, 5) is 14.1. The quantitative estimate of drug-likeness (QED) is 0.870. The summed E-state index contributed by atoms with van der Waals surface area (Å²) in [6.07, 6.45) is -0.0747. The van der Waals surface area contributed by atoms with Crippen LogP contribution in [0, 0.1) is 11.3 Å². The number of nitrogen functional groups attached to an aromatic ring is 1. The number of anilines is 1.